The standard InChI is InChI=1S/C13H23NO2/c1-3-10-8-14(7-6-12(10)15)13(16)9(2)11-4-5-11/h9-12,15H,3-8H2,1-2H3. The zero-order valence-corrected chi connectivity index (χ0v) is 10.4. The predicted molar refractivity (Wildman–Crippen MR) is 62.9 cm³/mol. The molecule has 2 rings (SSSR count). The lowest BCUT2D eigenvalue weighted by Gasteiger charge is -2.37. The van der Waals surface area contributed by atoms with E-state index < -0.39 is 0 Å². The molecule has 1 saturated carbocycles. The third kappa shape index (κ3) is 2.40. The van der Waals surface area contributed by atoms with Crippen LogP contribution in [-0.4, -0.2) is 35.1 Å². The Labute approximate surface area is 97.8 Å². The second-order valence-corrected chi connectivity index (χ2v) is 5.43. The topological polar surface area (TPSA) is 40.5 Å². The Kier molecular flexibility index (Phi) is 3.53. The highest BCUT2D eigenvalue weighted by molar-refractivity contribution is 5.79. The van der Waals surface area contributed by atoms with Crippen molar-refractivity contribution in [2.75, 3.05) is 13.1 Å². The van der Waals surface area contributed by atoms with Crippen LogP contribution in [0, 0.1) is 17.8 Å². The number of nitrogens with zero attached hydrogens (tertiary/aromatic N) is 1. The molecule has 2 aliphatic rings. The molecule has 0 bridgehead atoms. The van der Waals surface area contributed by atoms with E-state index in [0.717, 1.165) is 25.9 Å². The largest absolute Gasteiger partial charge is 0.393 e. The van der Waals surface area contributed by atoms with E-state index >= 15 is 0 Å². The molecule has 0 aromatic carbocycles. The fourth-order valence-electron chi connectivity index (χ4n) is 2.71. The lowest BCUT2D eigenvalue weighted by Crippen LogP contribution is -2.47. The van der Waals surface area contributed by atoms with E-state index in [1.165, 1.54) is 12.8 Å². The van der Waals surface area contributed by atoms with E-state index in [2.05, 4.69) is 13.8 Å². The monoisotopic (exact) mass is 225 g/mol. The Hall–Kier alpha value is -0.570. The van der Waals surface area contributed by atoms with Gasteiger partial charge >= 0.3 is 0 Å². The van der Waals surface area contributed by atoms with E-state index in [9.17, 15) is 9.90 Å². The highest BCUT2D eigenvalue weighted by Gasteiger charge is 2.37. The summed E-state index contributed by atoms with van der Waals surface area (Å²) in [5.74, 6) is 1.43. The van der Waals surface area contributed by atoms with Crippen molar-refractivity contribution in [3.63, 3.8) is 0 Å². The molecule has 0 aromatic heterocycles. The maximum atomic E-state index is 12.2. The number of aliphatic hydroxyl groups is 1. The number of carbonyl (C=O) groups excluding carboxylic acids is 1. The van der Waals surface area contributed by atoms with Crippen molar-refractivity contribution in [1.82, 2.24) is 4.90 Å². The third-order valence-electron chi connectivity index (χ3n) is 4.25. The maximum absolute atomic E-state index is 12.2. The molecule has 1 heterocycles. The molecule has 1 aliphatic heterocycles. The van der Waals surface area contributed by atoms with Gasteiger partial charge in [0.25, 0.3) is 0 Å². The lowest BCUT2D eigenvalue weighted by atomic mass is 9.91. The maximum Gasteiger partial charge on any atom is 0.225 e. The average molecular weight is 225 g/mol. The average Bonchev–Trinajstić information content (AvgIpc) is 3.11. The molecule has 16 heavy (non-hydrogen) atoms. The molecule has 3 unspecified atom stereocenters. The predicted octanol–water partition coefficient (Wildman–Crippen LogP) is 1.65. The molecule has 1 amide bonds. The molecule has 1 saturated heterocycles. The van der Waals surface area contributed by atoms with Crippen LogP contribution in [0.15, 0.2) is 0 Å². The van der Waals surface area contributed by atoms with Gasteiger partial charge in [0.05, 0.1) is 6.10 Å². The summed E-state index contributed by atoms with van der Waals surface area (Å²) in [6, 6.07) is 0. The third-order valence-corrected chi connectivity index (χ3v) is 4.25. The Morgan fingerprint density at radius 3 is 2.69 bits per heavy atom. The SMILES string of the molecule is CCC1CN(C(=O)C(C)C2CC2)CCC1O. The van der Waals surface area contributed by atoms with Gasteiger partial charge < -0.3 is 10.0 Å². The zero-order chi connectivity index (χ0) is 11.7. The lowest BCUT2D eigenvalue weighted by molar-refractivity contribution is -0.139. The van der Waals surface area contributed by atoms with Crippen molar-refractivity contribution in [1.29, 1.82) is 0 Å². The molecular formula is C13H23NO2. The molecule has 0 radical (unpaired) electrons. The fraction of sp³-hybridized carbons (Fsp3) is 0.923. The zero-order valence-electron chi connectivity index (χ0n) is 10.4. The summed E-state index contributed by atoms with van der Waals surface area (Å²) >= 11 is 0. The summed E-state index contributed by atoms with van der Waals surface area (Å²) in [6.07, 6.45) is 3.95. The normalized spacial score (nSPS) is 32.6. The smallest absolute Gasteiger partial charge is 0.225 e. The number of rotatable bonds is 3. The molecule has 92 valence electrons. The Morgan fingerprint density at radius 1 is 1.44 bits per heavy atom. The van der Waals surface area contributed by atoms with Crippen molar-refractivity contribution in [3.8, 4) is 0 Å². The second-order valence-electron chi connectivity index (χ2n) is 5.43. The van der Waals surface area contributed by atoms with Gasteiger partial charge in [0.1, 0.15) is 0 Å². The van der Waals surface area contributed by atoms with Crippen LogP contribution in [0.2, 0.25) is 0 Å². The Bertz CT molecular complexity index is 263. The van der Waals surface area contributed by atoms with Crippen LogP contribution in [0.4, 0.5) is 0 Å². The molecule has 3 atom stereocenters. The van der Waals surface area contributed by atoms with Crippen LogP contribution in [0.1, 0.15) is 39.5 Å². The molecule has 0 spiro atoms. The van der Waals surface area contributed by atoms with Crippen molar-refractivity contribution >= 4 is 5.91 Å². The highest BCUT2D eigenvalue weighted by atomic mass is 16.3. The summed E-state index contributed by atoms with van der Waals surface area (Å²) < 4.78 is 0. The molecule has 0 aromatic rings. The van der Waals surface area contributed by atoms with E-state index in [4.69, 9.17) is 0 Å². The van der Waals surface area contributed by atoms with Gasteiger partial charge in [0.15, 0.2) is 0 Å². The van der Waals surface area contributed by atoms with Crippen molar-refractivity contribution < 1.29 is 9.90 Å². The van der Waals surface area contributed by atoms with Crippen LogP contribution in [-0.2, 0) is 4.79 Å². The molecule has 3 heteroatoms. The molecule has 3 nitrogen and oxygen atoms in total. The molecular weight excluding hydrogens is 202 g/mol. The van der Waals surface area contributed by atoms with Gasteiger partial charge in [0.2, 0.25) is 5.91 Å². The van der Waals surface area contributed by atoms with E-state index in [1.54, 1.807) is 0 Å². The van der Waals surface area contributed by atoms with Crippen molar-refractivity contribution in [2.24, 2.45) is 17.8 Å². The first-order valence-corrected chi connectivity index (χ1v) is 6.60. The number of piperidine rings is 1. The fourth-order valence-corrected chi connectivity index (χ4v) is 2.71. The first kappa shape index (κ1) is 11.9. The highest BCUT2D eigenvalue weighted by Crippen LogP contribution is 2.38. The van der Waals surface area contributed by atoms with Gasteiger partial charge in [-0.05, 0) is 31.6 Å². The summed E-state index contributed by atoms with van der Waals surface area (Å²) in [5, 5.41) is 9.79. The molecule has 1 aliphatic carbocycles. The van der Waals surface area contributed by atoms with Crippen LogP contribution in [0.5, 0.6) is 0 Å². The van der Waals surface area contributed by atoms with Crippen molar-refractivity contribution in [2.45, 2.75) is 45.6 Å². The number of aliphatic hydroxyl groups excluding tert-OH is 1. The summed E-state index contributed by atoms with van der Waals surface area (Å²) in [7, 11) is 0. The van der Waals surface area contributed by atoms with Gasteiger partial charge in [-0.25, -0.2) is 0 Å². The summed E-state index contributed by atoms with van der Waals surface area (Å²) in [5.41, 5.74) is 0. The first-order chi connectivity index (χ1) is 7.63. The summed E-state index contributed by atoms with van der Waals surface area (Å²) in [6.45, 7) is 5.65. The Balaban J connectivity index is 1.91. The summed E-state index contributed by atoms with van der Waals surface area (Å²) in [4.78, 5) is 14.2. The number of hydrogen-bond acceptors (Lipinski definition) is 2. The quantitative estimate of drug-likeness (QED) is 0.793. The van der Waals surface area contributed by atoms with Crippen LogP contribution >= 0.6 is 0 Å². The van der Waals surface area contributed by atoms with Crippen LogP contribution in [0.25, 0.3) is 0 Å². The van der Waals surface area contributed by atoms with E-state index in [1.807, 2.05) is 4.90 Å². The van der Waals surface area contributed by atoms with Crippen LogP contribution in [0.3, 0.4) is 0 Å². The molecule has 2 fully saturated rings. The van der Waals surface area contributed by atoms with Gasteiger partial charge in [0, 0.05) is 24.9 Å². The molecule has 1 N–H and O–H groups in total. The minimum absolute atomic E-state index is 0.202. The van der Waals surface area contributed by atoms with Gasteiger partial charge in [-0.15, -0.1) is 0 Å². The number of amides is 1. The number of hydrogen-bond donors (Lipinski definition) is 1. The second kappa shape index (κ2) is 4.74. The van der Waals surface area contributed by atoms with Crippen molar-refractivity contribution in [3.05, 3.63) is 0 Å². The first-order valence-electron chi connectivity index (χ1n) is 6.60. The van der Waals surface area contributed by atoms with Crippen LogP contribution < -0.4 is 0 Å². The number of carbonyl (C=O) groups is 1. The van der Waals surface area contributed by atoms with E-state index in [0.29, 0.717) is 11.8 Å². The van der Waals surface area contributed by atoms with Gasteiger partial charge in [-0.1, -0.05) is 13.8 Å². The minimum atomic E-state index is -0.203. The van der Waals surface area contributed by atoms with Gasteiger partial charge in [-0.3, -0.25) is 4.79 Å². The van der Waals surface area contributed by atoms with E-state index in [-0.39, 0.29) is 17.9 Å². The Morgan fingerprint density at radius 2 is 2.12 bits per heavy atom. The van der Waals surface area contributed by atoms with Gasteiger partial charge in [-0.2, -0.15) is 0 Å². The minimum Gasteiger partial charge on any atom is -0.393 e. The number of likely N-dealkylation sites (tertiary alicyclic amines) is 1.